The maximum Gasteiger partial charge on any atom is 0.252 e. The molecule has 1 N–H and O–H groups in total. The van der Waals surface area contributed by atoms with Crippen LogP contribution in [-0.4, -0.2) is 55.5 Å². The van der Waals surface area contributed by atoms with Crippen LogP contribution >= 0.6 is 0 Å². The van der Waals surface area contributed by atoms with Crippen LogP contribution in [0.15, 0.2) is 54.6 Å². The fraction of sp³-hybridized carbons (Fsp3) is 0.391. The molecule has 5 heteroatoms. The highest BCUT2D eigenvalue weighted by atomic mass is 16.5. The smallest absolute Gasteiger partial charge is 0.252 e. The van der Waals surface area contributed by atoms with Crippen molar-refractivity contribution in [2.45, 2.75) is 19.9 Å². The number of morpholine rings is 1. The molecule has 28 heavy (non-hydrogen) atoms. The van der Waals surface area contributed by atoms with Crippen LogP contribution in [0, 0.1) is 5.92 Å². The molecule has 1 aliphatic rings. The summed E-state index contributed by atoms with van der Waals surface area (Å²) in [5, 5.41) is 3.05. The minimum absolute atomic E-state index is 0.139. The first-order valence-electron chi connectivity index (χ1n) is 9.86. The Morgan fingerprint density at radius 2 is 1.57 bits per heavy atom. The predicted octanol–water partition coefficient (Wildman–Crippen LogP) is 3.00. The normalized spacial score (nSPS) is 16.0. The highest BCUT2D eigenvalue weighted by Crippen LogP contribution is 2.16. The number of nitrogens with zero attached hydrogens (tertiary/aromatic N) is 1. The molecule has 0 aliphatic carbocycles. The second-order valence-electron chi connectivity index (χ2n) is 7.41. The number of amides is 1. The zero-order chi connectivity index (χ0) is 19.9. The molecular formula is C23H28N2O3. The van der Waals surface area contributed by atoms with Gasteiger partial charge < -0.3 is 10.1 Å². The number of carbonyl (C=O) groups is 2. The highest BCUT2D eigenvalue weighted by Gasteiger charge is 2.25. The van der Waals surface area contributed by atoms with Gasteiger partial charge in [0.05, 0.1) is 18.8 Å². The largest absolute Gasteiger partial charge is 0.379 e. The van der Waals surface area contributed by atoms with Crippen molar-refractivity contribution in [2.75, 3.05) is 32.8 Å². The van der Waals surface area contributed by atoms with E-state index >= 15 is 0 Å². The van der Waals surface area contributed by atoms with Gasteiger partial charge in [0, 0.05) is 36.8 Å². The van der Waals surface area contributed by atoms with E-state index in [4.69, 9.17) is 4.74 Å². The summed E-state index contributed by atoms with van der Waals surface area (Å²) < 4.78 is 5.44. The number of hydrogen-bond acceptors (Lipinski definition) is 4. The average molecular weight is 380 g/mol. The predicted molar refractivity (Wildman–Crippen MR) is 110 cm³/mol. The Labute approximate surface area is 166 Å². The first kappa shape index (κ1) is 20.2. The number of nitrogens with one attached hydrogen (secondary N) is 1. The molecular weight excluding hydrogens is 352 g/mol. The van der Waals surface area contributed by atoms with Crippen molar-refractivity contribution in [1.82, 2.24) is 10.2 Å². The Morgan fingerprint density at radius 3 is 2.21 bits per heavy atom. The molecule has 1 amide bonds. The Hall–Kier alpha value is -2.50. The van der Waals surface area contributed by atoms with E-state index in [0.717, 1.165) is 26.3 Å². The minimum Gasteiger partial charge on any atom is -0.379 e. The third-order valence-electron chi connectivity index (χ3n) is 5.21. The zero-order valence-electron chi connectivity index (χ0n) is 16.6. The molecule has 0 spiro atoms. The van der Waals surface area contributed by atoms with Crippen LogP contribution in [0.1, 0.15) is 40.1 Å². The van der Waals surface area contributed by atoms with Gasteiger partial charge in [0.25, 0.3) is 5.91 Å². The topological polar surface area (TPSA) is 58.6 Å². The first-order chi connectivity index (χ1) is 13.6. The maximum absolute atomic E-state index is 12.9. The Balaban J connectivity index is 1.73. The van der Waals surface area contributed by atoms with E-state index < -0.39 is 0 Å². The summed E-state index contributed by atoms with van der Waals surface area (Å²) in [6, 6.07) is 16.3. The summed E-state index contributed by atoms with van der Waals surface area (Å²) in [6.45, 7) is 8.09. The van der Waals surface area contributed by atoms with Crippen molar-refractivity contribution in [3.63, 3.8) is 0 Å². The van der Waals surface area contributed by atoms with Gasteiger partial charge in [0.2, 0.25) is 0 Å². The lowest BCUT2D eigenvalue weighted by atomic mass is 9.97. The van der Waals surface area contributed by atoms with Crippen molar-refractivity contribution in [3.05, 3.63) is 71.3 Å². The number of rotatable bonds is 7. The van der Waals surface area contributed by atoms with Gasteiger partial charge in [-0.3, -0.25) is 14.5 Å². The SMILES string of the molecule is CC(C)C(CNC(=O)c1ccccc1C(=O)c1ccccc1)N1CCOCC1. The second kappa shape index (κ2) is 9.62. The van der Waals surface area contributed by atoms with Crippen molar-refractivity contribution in [2.24, 2.45) is 5.92 Å². The lowest BCUT2D eigenvalue weighted by molar-refractivity contribution is 0.00672. The van der Waals surface area contributed by atoms with Crippen LogP contribution in [0.25, 0.3) is 0 Å². The standard InChI is InChI=1S/C23H28N2O3/c1-17(2)21(25-12-14-28-15-13-25)16-24-23(27)20-11-7-6-10-19(20)22(26)18-8-4-3-5-9-18/h3-11,17,21H,12-16H2,1-2H3,(H,24,27). The zero-order valence-corrected chi connectivity index (χ0v) is 16.6. The molecule has 0 aromatic heterocycles. The third-order valence-corrected chi connectivity index (χ3v) is 5.21. The molecule has 1 fully saturated rings. The van der Waals surface area contributed by atoms with Crippen LogP contribution in [0.2, 0.25) is 0 Å². The van der Waals surface area contributed by atoms with E-state index in [-0.39, 0.29) is 17.7 Å². The molecule has 1 aliphatic heterocycles. The Kier molecular flexibility index (Phi) is 6.95. The molecule has 3 rings (SSSR count). The first-order valence-corrected chi connectivity index (χ1v) is 9.86. The summed E-state index contributed by atoms with van der Waals surface area (Å²) in [5.41, 5.74) is 1.43. The Morgan fingerprint density at radius 1 is 0.964 bits per heavy atom. The molecule has 5 nitrogen and oxygen atoms in total. The van der Waals surface area contributed by atoms with Crippen LogP contribution in [-0.2, 0) is 4.74 Å². The van der Waals surface area contributed by atoms with Crippen molar-refractivity contribution >= 4 is 11.7 Å². The van der Waals surface area contributed by atoms with Gasteiger partial charge in [-0.1, -0.05) is 62.4 Å². The number of hydrogen-bond donors (Lipinski definition) is 1. The molecule has 1 unspecified atom stereocenters. The number of benzene rings is 2. The molecule has 0 bridgehead atoms. The van der Waals surface area contributed by atoms with Crippen LogP contribution in [0.5, 0.6) is 0 Å². The number of carbonyl (C=O) groups excluding carboxylic acids is 2. The van der Waals surface area contributed by atoms with Crippen LogP contribution in [0.3, 0.4) is 0 Å². The quantitative estimate of drug-likeness (QED) is 0.750. The molecule has 148 valence electrons. The van der Waals surface area contributed by atoms with E-state index in [1.807, 2.05) is 18.2 Å². The van der Waals surface area contributed by atoms with E-state index in [1.54, 1.807) is 36.4 Å². The molecule has 2 aromatic carbocycles. The van der Waals surface area contributed by atoms with Crippen molar-refractivity contribution in [1.29, 1.82) is 0 Å². The van der Waals surface area contributed by atoms with E-state index in [2.05, 4.69) is 24.1 Å². The molecule has 0 saturated carbocycles. The third kappa shape index (κ3) is 4.86. The minimum atomic E-state index is -0.209. The monoisotopic (exact) mass is 380 g/mol. The summed E-state index contributed by atoms with van der Waals surface area (Å²) in [6.07, 6.45) is 0. The summed E-state index contributed by atoms with van der Waals surface area (Å²) >= 11 is 0. The lowest BCUT2D eigenvalue weighted by Gasteiger charge is -2.37. The molecule has 0 radical (unpaired) electrons. The van der Waals surface area contributed by atoms with Gasteiger partial charge in [0.1, 0.15) is 0 Å². The van der Waals surface area contributed by atoms with Gasteiger partial charge in [0.15, 0.2) is 5.78 Å². The number of ketones is 1. The van der Waals surface area contributed by atoms with E-state index in [0.29, 0.717) is 29.2 Å². The summed E-state index contributed by atoms with van der Waals surface area (Å²) in [5.74, 6) is 0.0540. The van der Waals surface area contributed by atoms with Gasteiger partial charge in [-0.05, 0) is 12.0 Å². The lowest BCUT2D eigenvalue weighted by Crippen LogP contribution is -2.51. The summed E-state index contributed by atoms with van der Waals surface area (Å²) in [7, 11) is 0. The number of ether oxygens (including phenoxy) is 1. The van der Waals surface area contributed by atoms with Gasteiger partial charge in [-0.15, -0.1) is 0 Å². The van der Waals surface area contributed by atoms with Crippen LogP contribution in [0.4, 0.5) is 0 Å². The van der Waals surface area contributed by atoms with Gasteiger partial charge in [-0.2, -0.15) is 0 Å². The maximum atomic E-state index is 12.9. The molecule has 1 heterocycles. The van der Waals surface area contributed by atoms with E-state index in [1.165, 1.54) is 0 Å². The average Bonchev–Trinajstić information content (AvgIpc) is 2.74. The summed E-state index contributed by atoms with van der Waals surface area (Å²) in [4.78, 5) is 28.1. The van der Waals surface area contributed by atoms with Crippen molar-refractivity contribution in [3.8, 4) is 0 Å². The van der Waals surface area contributed by atoms with Crippen molar-refractivity contribution < 1.29 is 14.3 Å². The molecule has 1 saturated heterocycles. The Bertz CT molecular complexity index is 799. The highest BCUT2D eigenvalue weighted by molar-refractivity contribution is 6.15. The molecule has 2 aromatic rings. The van der Waals surface area contributed by atoms with Crippen LogP contribution < -0.4 is 5.32 Å². The van der Waals surface area contributed by atoms with E-state index in [9.17, 15) is 9.59 Å². The second-order valence-corrected chi connectivity index (χ2v) is 7.41. The van der Waals surface area contributed by atoms with Gasteiger partial charge >= 0.3 is 0 Å². The molecule has 1 atom stereocenters. The van der Waals surface area contributed by atoms with Gasteiger partial charge in [-0.25, -0.2) is 0 Å². The fourth-order valence-corrected chi connectivity index (χ4v) is 3.61. The fourth-order valence-electron chi connectivity index (χ4n) is 3.61.